The lowest BCUT2D eigenvalue weighted by Gasteiger charge is -2.42. The third-order valence-corrected chi connectivity index (χ3v) is 8.51. The maximum absolute atomic E-state index is 10.4. The van der Waals surface area contributed by atoms with E-state index in [0.29, 0.717) is 0 Å². The van der Waals surface area contributed by atoms with Crippen molar-refractivity contribution in [2.45, 2.75) is 70.9 Å². The largest absolute Gasteiger partial charge is 0.411 e. The summed E-state index contributed by atoms with van der Waals surface area (Å²) in [7, 11) is -1.82. The summed E-state index contributed by atoms with van der Waals surface area (Å²) in [5.41, 5.74) is -0.883. The van der Waals surface area contributed by atoms with Crippen molar-refractivity contribution >= 4 is 30.9 Å². The molecule has 0 aliphatic carbocycles. The lowest BCUT2D eigenvalue weighted by atomic mass is 9.98. The number of hydrogen-bond acceptors (Lipinski definition) is 2. The van der Waals surface area contributed by atoms with Gasteiger partial charge >= 0.3 is 0 Å². The molecule has 0 aliphatic heterocycles. The van der Waals surface area contributed by atoms with Gasteiger partial charge in [0, 0.05) is 0 Å². The van der Waals surface area contributed by atoms with E-state index in [4.69, 9.17) is 4.43 Å². The van der Waals surface area contributed by atoms with Crippen molar-refractivity contribution in [1.29, 1.82) is 0 Å². The molecule has 2 nitrogen and oxygen atoms in total. The molecule has 0 bridgehead atoms. The van der Waals surface area contributed by atoms with Gasteiger partial charge in [-0.15, -0.1) is 0 Å². The highest BCUT2D eigenvalue weighted by atomic mass is 127. The maximum atomic E-state index is 10.4. The van der Waals surface area contributed by atoms with Gasteiger partial charge in [-0.25, -0.2) is 0 Å². The first-order valence-electron chi connectivity index (χ1n) is 6.16. The highest BCUT2D eigenvalue weighted by Gasteiger charge is 2.42. The zero-order chi connectivity index (χ0) is 13.9. The van der Waals surface area contributed by atoms with E-state index in [1.807, 2.05) is 17.1 Å². The first kappa shape index (κ1) is 17.6. The molecule has 0 rings (SSSR count). The molecule has 4 heteroatoms. The second-order valence-corrected chi connectivity index (χ2v) is 11.8. The smallest absolute Gasteiger partial charge is 0.192 e. The van der Waals surface area contributed by atoms with Crippen LogP contribution in [-0.2, 0) is 4.43 Å². The molecule has 0 saturated heterocycles. The Morgan fingerprint density at radius 3 is 2.06 bits per heavy atom. The van der Waals surface area contributed by atoms with Gasteiger partial charge in [0.1, 0.15) is 5.60 Å². The molecule has 2 atom stereocenters. The van der Waals surface area contributed by atoms with E-state index < -0.39 is 13.9 Å². The molecule has 0 radical (unpaired) electrons. The van der Waals surface area contributed by atoms with Crippen molar-refractivity contribution in [1.82, 2.24) is 0 Å². The van der Waals surface area contributed by atoms with E-state index in [1.54, 1.807) is 0 Å². The van der Waals surface area contributed by atoms with Crippen LogP contribution in [-0.4, -0.2) is 25.1 Å². The molecule has 0 aromatic rings. The van der Waals surface area contributed by atoms with Crippen LogP contribution in [0.2, 0.25) is 18.1 Å². The van der Waals surface area contributed by atoms with Gasteiger partial charge in [-0.1, -0.05) is 50.3 Å². The van der Waals surface area contributed by atoms with Gasteiger partial charge in [0.2, 0.25) is 0 Å². The average molecular weight is 370 g/mol. The van der Waals surface area contributed by atoms with Gasteiger partial charge in [-0.3, -0.25) is 0 Å². The van der Waals surface area contributed by atoms with E-state index in [0.717, 1.165) is 6.42 Å². The Labute approximate surface area is 121 Å². The van der Waals surface area contributed by atoms with E-state index in [9.17, 15) is 5.11 Å². The molecule has 0 spiro atoms. The number of halogens is 1. The van der Waals surface area contributed by atoms with Crippen LogP contribution in [0, 0.1) is 0 Å². The quantitative estimate of drug-likeness (QED) is 0.571. The van der Waals surface area contributed by atoms with Crippen LogP contribution in [0.25, 0.3) is 0 Å². The molecular formula is C13H27IO2Si. The van der Waals surface area contributed by atoms with Crippen LogP contribution in [0.4, 0.5) is 0 Å². The zero-order valence-electron chi connectivity index (χ0n) is 12.2. The molecule has 0 saturated carbocycles. The number of hydrogen-bond donors (Lipinski definition) is 1. The Morgan fingerprint density at radius 2 is 1.76 bits per heavy atom. The normalized spacial score (nSPS) is 19.4. The lowest BCUT2D eigenvalue weighted by Crippen LogP contribution is -2.50. The fourth-order valence-electron chi connectivity index (χ4n) is 1.38. The second kappa shape index (κ2) is 6.17. The highest BCUT2D eigenvalue weighted by Crippen LogP contribution is 2.39. The van der Waals surface area contributed by atoms with Crippen molar-refractivity contribution in [2.75, 3.05) is 0 Å². The molecule has 1 N–H and O–H groups in total. The average Bonchev–Trinajstić information content (AvgIpc) is 2.11. The summed E-state index contributed by atoms with van der Waals surface area (Å²) in [6, 6.07) is 0. The minimum Gasteiger partial charge on any atom is -0.411 e. The minimum atomic E-state index is -1.82. The molecule has 0 aliphatic rings. The monoisotopic (exact) mass is 370 g/mol. The zero-order valence-corrected chi connectivity index (χ0v) is 15.3. The summed E-state index contributed by atoms with van der Waals surface area (Å²) in [6.07, 6.45) is 2.50. The molecule has 0 fully saturated rings. The molecule has 0 amide bonds. The van der Waals surface area contributed by atoms with Gasteiger partial charge in [0.15, 0.2) is 8.32 Å². The van der Waals surface area contributed by atoms with Crippen molar-refractivity contribution in [3.63, 3.8) is 0 Å². The lowest BCUT2D eigenvalue weighted by molar-refractivity contribution is -0.0196. The van der Waals surface area contributed by atoms with Crippen LogP contribution in [0.5, 0.6) is 0 Å². The van der Waals surface area contributed by atoms with Crippen LogP contribution in [0.1, 0.15) is 41.0 Å². The Hall–Kier alpha value is 0.607. The van der Waals surface area contributed by atoms with Gasteiger partial charge in [0.25, 0.3) is 0 Å². The number of rotatable bonds is 5. The van der Waals surface area contributed by atoms with E-state index in [2.05, 4.69) is 63.4 Å². The first-order valence-corrected chi connectivity index (χ1v) is 10.3. The fraction of sp³-hybridized carbons (Fsp3) is 0.846. The molecule has 17 heavy (non-hydrogen) atoms. The summed E-state index contributed by atoms with van der Waals surface area (Å²) < 4.78 is 8.16. The summed E-state index contributed by atoms with van der Waals surface area (Å²) in [4.78, 5) is 0. The maximum Gasteiger partial charge on any atom is 0.192 e. The molecule has 0 unspecified atom stereocenters. The van der Waals surface area contributed by atoms with Gasteiger partial charge in [-0.05, 0) is 41.6 Å². The van der Waals surface area contributed by atoms with Crippen LogP contribution < -0.4 is 0 Å². The fourth-order valence-corrected chi connectivity index (χ4v) is 3.58. The third-order valence-electron chi connectivity index (χ3n) is 3.67. The predicted molar refractivity (Wildman–Crippen MR) is 86.1 cm³/mol. The van der Waals surface area contributed by atoms with Gasteiger partial charge < -0.3 is 9.53 Å². The number of aliphatic hydroxyl groups is 1. The predicted octanol–water partition coefficient (Wildman–Crippen LogP) is 4.49. The Bertz CT molecular complexity index is 267. The van der Waals surface area contributed by atoms with E-state index in [-0.39, 0.29) is 11.1 Å². The second-order valence-electron chi connectivity index (χ2n) is 6.29. The summed E-state index contributed by atoms with van der Waals surface area (Å²) >= 11 is 2.13. The molecule has 0 heterocycles. The molecule has 0 aromatic carbocycles. The van der Waals surface area contributed by atoms with Crippen molar-refractivity contribution < 1.29 is 9.53 Å². The first-order chi connectivity index (χ1) is 7.48. The topological polar surface area (TPSA) is 29.5 Å². The SMILES string of the molecule is CC[C@@H](O[Si](C)(C)C(C)(C)C)[C@@](C)(O)/C=C/I. The molecule has 0 aromatic heterocycles. The Morgan fingerprint density at radius 1 is 1.29 bits per heavy atom. The molecule has 102 valence electrons. The summed E-state index contributed by atoms with van der Waals surface area (Å²) in [5.74, 6) is 0. The third kappa shape index (κ3) is 5.01. The van der Waals surface area contributed by atoms with Crippen molar-refractivity contribution in [3.05, 3.63) is 10.2 Å². The van der Waals surface area contributed by atoms with Crippen LogP contribution in [0.15, 0.2) is 10.2 Å². The van der Waals surface area contributed by atoms with E-state index >= 15 is 0 Å². The Kier molecular flexibility index (Phi) is 6.39. The van der Waals surface area contributed by atoms with Crippen LogP contribution in [0.3, 0.4) is 0 Å². The van der Waals surface area contributed by atoms with Gasteiger partial charge in [-0.2, -0.15) is 0 Å². The van der Waals surface area contributed by atoms with Crippen molar-refractivity contribution in [2.24, 2.45) is 0 Å². The van der Waals surface area contributed by atoms with Crippen molar-refractivity contribution in [3.8, 4) is 0 Å². The highest BCUT2D eigenvalue weighted by molar-refractivity contribution is 14.1. The summed E-state index contributed by atoms with van der Waals surface area (Å²) in [6.45, 7) is 15.0. The standard InChI is InChI=1S/C13H27IO2Si/c1-8-11(13(5,15)9-10-14)16-17(6,7)12(2,3)4/h9-11,15H,8H2,1-7H3/b10-9+/t11-,13+/m1/s1. The summed E-state index contributed by atoms with van der Waals surface area (Å²) in [5, 5.41) is 10.6. The van der Waals surface area contributed by atoms with E-state index in [1.165, 1.54) is 0 Å². The molecular weight excluding hydrogens is 343 g/mol. The Balaban J connectivity index is 4.96. The van der Waals surface area contributed by atoms with Gasteiger partial charge in [0.05, 0.1) is 6.10 Å². The van der Waals surface area contributed by atoms with Crippen LogP contribution >= 0.6 is 22.6 Å². The minimum absolute atomic E-state index is 0.130.